The average molecular weight is 297 g/mol. The second kappa shape index (κ2) is 12.3. The third kappa shape index (κ3) is 13.1. The molecule has 0 aliphatic carbocycles. The molecular formula is C20H40O. The molecule has 0 aliphatic rings. The summed E-state index contributed by atoms with van der Waals surface area (Å²) >= 11 is 0. The Kier molecular flexibility index (Phi) is 12.1. The molecule has 1 N–H and O–H groups in total. The Morgan fingerprint density at radius 3 is 1.95 bits per heavy atom. The highest BCUT2D eigenvalue weighted by molar-refractivity contribution is 4.96. The van der Waals surface area contributed by atoms with Crippen LogP contribution in [0.5, 0.6) is 0 Å². The molecule has 21 heavy (non-hydrogen) atoms. The fourth-order valence-electron chi connectivity index (χ4n) is 3.10. The minimum Gasteiger partial charge on any atom is -0.386 e. The van der Waals surface area contributed by atoms with Crippen molar-refractivity contribution in [2.24, 2.45) is 11.8 Å². The Morgan fingerprint density at radius 1 is 0.905 bits per heavy atom. The van der Waals surface area contributed by atoms with Crippen LogP contribution in [-0.4, -0.2) is 10.7 Å². The number of aliphatic hydroxyl groups is 1. The largest absolute Gasteiger partial charge is 0.386 e. The predicted molar refractivity (Wildman–Crippen MR) is 95.6 cm³/mol. The van der Waals surface area contributed by atoms with Crippen molar-refractivity contribution in [1.82, 2.24) is 0 Å². The van der Waals surface area contributed by atoms with Crippen molar-refractivity contribution in [1.29, 1.82) is 0 Å². The first-order valence-electron chi connectivity index (χ1n) is 9.27. The number of hydrogen-bond acceptors (Lipinski definition) is 1. The van der Waals surface area contributed by atoms with Crippen LogP contribution >= 0.6 is 0 Å². The molecule has 3 unspecified atom stereocenters. The first kappa shape index (κ1) is 20.7. The lowest BCUT2D eigenvalue weighted by atomic mass is 9.90. The Bertz CT molecular complexity index is 255. The molecule has 3 atom stereocenters. The summed E-state index contributed by atoms with van der Waals surface area (Å²) in [5.74, 6) is 1.70. The number of hydrogen-bond donors (Lipinski definition) is 1. The van der Waals surface area contributed by atoms with Crippen molar-refractivity contribution < 1.29 is 5.11 Å². The predicted octanol–water partition coefficient (Wildman–Crippen LogP) is 6.51. The Balaban J connectivity index is 3.60. The molecule has 0 aliphatic heterocycles. The molecule has 126 valence electrons. The third-order valence-corrected chi connectivity index (χ3v) is 4.60. The molecule has 0 aromatic heterocycles. The molecule has 0 saturated carbocycles. The first-order chi connectivity index (χ1) is 9.91. The molecule has 0 amide bonds. The van der Waals surface area contributed by atoms with Gasteiger partial charge in [-0.3, -0.25) is 0 Å². The van der Waals surface area contributed by atoms with Gasteiger partial charge in [-0.1, -0.05) is 90.7 Å². The quantitative estimate of drug-likeness (QED) is 0.303. The summed E-state index contributed by atoms with van der Waals surface area (Å²) in [6.07, 6.45) is 16.8. The maximum absolute atomic E-state index is 10.1. The summed E-state index contributed by atoms with van der Waals surface area (Å²) in [5, 5.41) is 10.1. The van der Waals surface area contributed by atoms with Crippen molar-refractivity contribution in [2.45, 2.75) is 104 Å². The van der Waals surface area contributed by atoms with E-state index in [2.05, 4.69) is 20.8 Å². The van der Waals surface area contributed by atoms with Crippen molar-refractivity contribution in [3.63, 3.8) is 0 Å². The normalized spacial score (nSPS) is 17.8. The Morgan fingerprint density at radius 2 is 1.43 bits per heavy atom. The summed E-state index contributed by atoms with van der Waals surface area (Å²) in [6, 6.07) is 0. The van der Waals surface area contributed by atoms with Crippen LogP contribution in [0, 0.1) is 11.8 Å². The van der Waals surface area contributed by atoms with Crippen LogP contribution in [0.4, 0.5) is 0 Å². The summed E-state index contributed by atoms with van der Waals surface area (Å²) < 4.78 is 0. The smallest absolute Gasteiger partial charge is 0.0799 e. The molecule has 0 spiro atoms. The van der Waals surface area contributed by atoms with E-state index in [0.717, 1.165) is 24.7 Å². The van der Waals surface area contributed by atoms with E-state index >= 15 is 0 Å². The molecule has 1 nitrogen and oxygen atoms in total. The van der Waals surface area contributed by atoms with Crippen molar-refractivity contribution in [2.75, 3.05) is 0 Å². The molecule has 0 saturated heterocycles. The van der Waals surface area contributed by atoms with Gasteiger partial charge in [-0.15, -0.1) is 0 Å². The molecule has 0 aromatic rings. The summed E-state index contributed by atoms with van der Waals surface area (Å²) in [5.41, 5.74) is -0.609. The molecule has 1 heteroatoms. The average Bonchev–Trinajstić information content (AvgIpc) is 2.38. The Labute approximate surface area is 134 Å². The van der Waals surface area contributed by atoms with Crippen LogP contribution in [0.25, 0.3) is 0 Å². The van der Waals surface area contributed by atoms with E-state index in [4.69, 9.17) is 0 Å². The van der Waals surface area contributed by atoms with E-state index < -0.39 is 5.60 Å². The van der Waals surface area contributed by atoms with E-state index in [1.165, 1.54) is 51.4 Å². The molecule has 0 radical (unpaired) electrons. The zero-order valence-corrected chi connectivity index (χ0v) is 15.3. The molecule has 0 heterocycles. The van der Waals surface area contributed by atoms with E-state index in [1.54, 1.807) is 0 Å². The number of rotatable bonds is 13. The molecule has 0 rings (SSSR count). The zero-order chi connectivity index (χ0) is 16.1. The monoisotopic (exact) mass is 296 g/mol. The lowest BCUT2D eigenvalue weighted by Gasteiger charge is -2.20. The standard InChI is InChI=1S/C20H40O/c1-6-8-9-12-18(3)13-10-14-19(4)15-11-17-20(5,21)16-7-2/h7,16,18-19,21H,6,8-15,17H2,1-5H3. The highest BCUT2D eigenvalue weighted by atomic mass is 16.3. The van der Waals surface area contributed by atoms with Crippen LogP contribution < -0.4 is 0 Å². The van der Waals surface area contributed by atoms with Gasteiger partial charge in [0.1, 0.15) is 0 Å². The lowest BCUT2D eigenvalue weighted by molar-refractivity contribution is 0.0969. The van der Waals surface area contributed by atoms with Gasteiger partial charge in [0.15, 0.2) is 0 Å². The topological polar surface area (TPSA) is 20.2 Å². The minimum absolute atomic E-state index is 0.609. The van der Waals surface area contributed by atoms with E-state index in [9.17, 15) is 5.11 Å². The number of unbranched alkanes of at least 4 members (excludes halogenated alkanes) is 2. The highest BCUT2D eigenvalue weighted by Gasteiger charge is 2.15. The fourth-order valence-corrected chi connectivity index (χ4v) is 3.10. The summed E-state index contributed by atoms with van der Waals surface area (Å²) in [4.78, 5) is 0. The van der Waals surface area contributed by atoms with E-state index in [1.807, 2.05) is 26.0 Å². The lowest BCUT2D eigenvalue weighted by Crippen LogP contribution is -2.20. The second-order valence-electron chi connectivity index (χ2n) is 7.39. The van der Waals surface area contributed by atoms with Crippen molar-refractivity contribution in [3.05, 3.63) is 12.2 Å². The van der Waals surface area contributed by atoms with Gasteiger partial charge in [-0.25, -0.2) is 0 Å². The minimum atomic E-state index is -0.609. The molecule has 0 bridgehead atoms. The van der Waals surface area contributed by atoms with E-state index in [-0.39, 0.29) is 0 Å². The van der Waals surface area contributed by atoms with Crippen LogP contribution in [0.3, 0.4) is 0 Å². The van der Waals surface area contributed by atoms with Gasteiger partial charge in [-0.2, -0.15) is 0 Å². The zero-order valence-electron chi connectivity index (χ0n) is 15.3. The van der Waals surface area contributed by atoms with Gasteiger partial charge >= 0.3 is 0 Å². The summed E-state index contributed by atoms with van der Waals surface area (Å²) in [6.45, 7) is 10.9. The second-order valence-corrected chi connectivity index (χ2v) is 7.39. The van der Waals surface area contributed by atoms with Crippen LogP contribution in [-0.2, 0) is 0 Å². The fraction of sp³-hybridized carbons (Fsp3) is 0.900. The number of allylic oxidation sites excluding steroid dienone is 1. The Hall–Kier alpha value is -0.300. The summed E-state index contributed by atoms with van der Waals surface area (Å²) in [7, 11) is 0. The SMILES string of the molecule is CC=CC(C)(O)CCCC(C)CCCC(C)CCCCC. The van der Waals surface area contributed by atoms with Crippen LogP contribution in [0.2, 0.25) is 0 Å². The van der Waals surface area contributed by atoms with E-state index in [0.29, 0.717) is 0 Å². The highest BCUT2D eigenvalue weighted by Crippen LogP contribution is 2.22. The maximum atomic E-state index is 10.1. The van der Waals surface area contributed by atoms with Crippen LogP contribution in [0.15, 0.2) is 12.2 Å². The van der Waals surface area contributed by atoms with Crippen molar-refractivity contribution >= 4 is 0 Å². The molecular weight excluding hydrogens is 256 g/mol. The van der Waals surface area contributed by atoms with Gasteiger partial charge in [0, 0.05) is 0 Å². The molecule has 0 fully saturated rings. The first-order valence-corrected chi connectivity index (χ1v) is 9.27. The van der Waals surface area contributed by atoms with Crippen molar-refractivity contribution in [3.8, 4) is 0 Å². The molecule has 0 aromatic carbocycles. The third-order valence-electron chi connectivity index (χ3n) is 4.60. The van der Waals surface area contributed by atoms with Gasteiger partial charge in [0.25, 0.3) is 0 Å². The van der Waals surface area contributed by atoms with Gasteiger partial charge in [0.2, 0.25) is 0 Å². The van der Waals surface area contributed by atoms with Gasteiger partial charge < -0.3 is 5.11 Å². The van der Waals surface area contributed by atoms with Crippen LogP contribution in [0.1, 0.15) is 98.8 Å². The van der Waals surface area contributed by atoms with Gasteiger partial charge in [0.05, 0.1) is 5.60 Å². The van der Waals surface area contributed by atoms with Gasteiger partial charge in [-0.05, 0) is 32.1 Å². The maximum Gasteiger partial charge on any atom is 0.0799 e.